The molecule has 0 saturated carbocycles. The highest BCUT2D eigenvalue weighted by molar-refractivity contribution is 8.14. The number of benzene rings is 1. The topological polar surface area (TPSA) is 53.7 Å². The average molecular weight is 376 g/mol. The quantitative estimate of drug-likeness (QED) is 0.745. The monoisotopic (exact) mass is 376 g/mol. The Kier molecular flexibility index (Phi) is 3.93. The van der Waals surface area contributed by atoms with E-state index in [4.69, 9.17) is 4.99 Å². The van der Waals surface area contributed by atoms with Crippen LogP contribution in [0.3, 0.4) is 0 Å². The number of amidine groups is 1. The molecule has 4 heterocycles. The first kappa shape index (κ1) is 16.4. The number of aliphatic imine (C=N–C) groups is 1. The lowest BCUT2D eigenvalue weighted by atomic mass is 10.0. The Morgan fingerprint density at radius 2 is 1.93 bits per heavy atom. The lowest BCUT2D eigenvalue weighted by Gasteiger charge is -2.28. The van der Waals surface area contributed by atoms with Gasteiger partial charge in [-0.15, -0.1) is 0 Å². The molecule has 6 heteroatoms. The molecule has 5 rings (SSSR count). The van der Waals surface area contributed by atoms with Gasteiger partial charge < -0.3 is 14.6 Å². The average Bonchev–Trinajstić information content (AvgIpc) is 3.37. The summed E-state index contributed by atoms with van der Waals surface area (Å²) < 4.78 is 2.19. The normalized spacial score (nSPS) is 24.1. The van der Waals surface area contributed by atoms with Crippen LogP contribution < -0.4 is 0 Å². The standard InChI is InChI=1S/C21H20N4OS/c1-14-13-25-20(19(23-21(25)27-14)17-5-2-3-11-22-17)18-6-4-12-24(18)15-7-9-16(26)10-8-15/h2-12,14,19-20,26H,13H2,1H3/t14-,19+,20-/m1/s1. The van der Waals surface area contributed by atoms with Crippen LogP contribution in [-0.2, 0) is 0 Å². The fourth-order valence-electron chi connectivity index (χ4n) is 3.92. The van der Waals surface area contributed by atoms with E-state index in [0.717, 1.165) is 23.1 Å². The maximum Gasteiger partial charge on any atom is 0.160 e. The minimum Gasteiger partial charge on any atom is -0.508 e. The zero-order valence-corrected chi connectivity index (χ0v) is 15.8. The molecule has 3 atom stereocenters. The van der Waals surface area contributed by atoms with Crippen molar-refractivity contribution in [3.63, 3.8) is 0 Å². The second kappa shape index (κ2) is 6.46. The first-order chi connectivity index (χ1) is 13.2. The van der Waals surface area contributed by atoms with Crippen molar-refractivity contribution < 1.29 is 5.11 Å². The van der Waals surface area contributed by atoms with Crippen LogP contribution in [0.5, 0.6) is 5.75 Å². The molecule has 0 bridgehead atoms. The van der Waals surface area contributed by atoms with E-state index in [1.54, 1.807) is 12.1 Å². The number of rotatable bonds is 3. The van der Waals surface area contributed by atoms with E-state index in [0.29, 0.717) is 5.25 Å². The van der Waals surface area contributed by atoms with Crippen molar-refractivity contribution >= 4 is 16.9 Å². The summed E-state index contributed by atoms with van der Waals surface area (Å²) >= 11 is 1.85. The number of phenols is 1. The summed E-state index contributed by atoms with van der Waals surface area (Å²) in [7, 11) is 0. The summed E-state index contributed by atoms with van der Waals surface area (Å²) in [6.45, 7) is 3.23. The third-order valence-corrected chi connectivity index (χ3v) is 6.19. The summed E-state index contributed by atoms with van der Waals surface area (Å²) in [5.74, 6) is 0.273. The van der Waals surface area contributed by atoms with Crippen molar-refractivity contribution in [1.82, 2.24) is 14.5 Å². The zero-order valence-electron chi connectivity index (χ0n) is 14.9. The van der Waals surface area contributed by atoms with Gasteiger partial charge >= 0.3 is 0 Å². The van der Waals surface area contributed by atoms with Crippen LogP contribution in [0.4, 0.5) is 0 Å². The molecule has 0 unspecified atom stereocenters. The maximum absolute atomic E-state index is 9.63. The van der Waals surface area contributed by atoms with Gasteiger partial charge in [0.25, 0.3) is 0 Å². The number of aromatic hydroxyl groups is 1. The second-order valence-electron chi connectivity index (χ2n) is 6.96. The van der Waals surface area contributed by atoms with E-state index in [1.807, 2.05) is 42.2 Å². The fourth-order valence-corrected chi connectivity index (χ4v) is 5.01. The van der Waals surface area contributed by atoms with Gasteiger partial charge in [-0.05, 0) is 48.5 Å². The first-order valence-corrected chi connectivity index (χ1v) is 9.97. The van der Waals surface area contributed by atoms with E-state index in [1.165, 1.54) is 5.69 Å². The van der Waals surface area contributed by atoms with Gasteiger partial charge in [0.15, 0.2) is 5.17 Å². The third kappa shape index (κ3) is 2.80. The molecular formula is C21H20N4OS. The minimum absolute atomic E-state index is 0.0213. The molecule has 2 aromatic heterocycles. The Balaban J connectivity index is 1.60. The van der Waals surface area contributed by atoms with Gasteiger partial charge in [0.2, 0.25) is 0 Å². The van der Waals surface area contributed by atoms with Crippen molar-refractivity contribution in [2.45, 2.75) is 24.3 Å². The van der Waals surface area contributed by atoms with Crippen molar-refractivity contribution in [1.29, 1.82) is 0 Å². The Hall–Kier alpha value is -2.73. The molecule has 1 aromatic carbocycles. The number of nitrogens with zero attached hydrogens (tertiary/aromatic N) is 4. The van der Waals surface area contributed by atoms with E-state index in [9.17, 15) is 5.11 Å². The van der Waals surface area contributed by atoms with Crippen LogP contribution in [0.25, 0.3) is 5.69 Å². The molecule has 0 spiro atoms. The van der Waals surface area contributed by atoms with Crippen molar-refractivity contribution in [2.75, 3.05) is 6.54 Å². The Morgan fingerprint density at radius 3 is 2.70 bits per heavy atom. The highest BCUT2D eigenvalue weighted by atomic mass is 32.2. The van der Waals surface area contributed by atoms with E-state index in [-0.39, 0.29) is 17.8 Å². The third-order valence-electron chi connectivity index (χ3n) is 5.09. The van der Waals surface area contributed by atoms with E-state index >= 15 is 0 Å². The van der Waals surface area contributed by atoms with Gasteiger partial charge in [-0.1, -0.05) is 24.8 Å². The summed E-state index contributed by atoms with van der Waals surface area (Å²) in [5.41, 5.74) is 3.21. The van der Waals surface area contributed by atoms with Gasteiger partial charge in [0.1, 0.15) is 11.8 Å². The summed E-state index contributed by atoms with van der Waals surface area (Å²) in [6, 6.07) is 17.7. The lowest BCUT2D eigenvalue weighted by molar-refractivity contribution is 0.312. The Labute approximate surface area is 162 Å². The van der Waals surface area contributed by atoms with Crippen molar-refractivity contribution in [3.8, 4) is 11.4 Å². The summed E-state index contributed by atoms with van der Waals surface area (Å²) in [4.78, 5) is 12.1. The summed E-state index contributed by atoms with van der Waals surface area (Å²) in [5, 5.41) is 11.3. The Bertz CT molecular complexity index is 983. The number of hydrogen-bond acceptors (Lipinski definition) is 5. The lowest BCUT2D eigenvalue weighted by Crippen LogP contribution is -2.30. The highest BCUT2D eigenvalue weighted by Gasteiger charge is 2.44. The molecule has 0 amide bonds. The SMILES string of the molecule is C[C@@H]1CN2C(=N[C@@H](c3ccccn3)[C@H]2c2cccn2-c2ccc(O)cc2)S1. The van der Waals surface area contributed by atoms with Gasteiger partial charge in [-0.2, -0.15) is 0 Å². The Morgan fingerprint density at radius 1 is 1.07 bits per heavy atom. The van der Waals surface area contributed by atoms with E-state index < -0.39 is 0 Å². The number of thioether (sulfide) groups is 1. The number of hydrogen-bond donors (Lipinski definition) is 1. The molecule has 0 radical (unpaired) electrons. The largest absolute Gasteiger partial charge is 0.508 e. The molecule has 3 aromatic rings. The van der Waals surface area contributed by atoms with Gasteiger partial charge in [-0.25, -0.2) is 0 Å². The smallest absolute Gasteiger partial charge is 0.160 e. The van der Waals surface area contributed by atoms with Crippen LogP contribution in [0.15, 0.2) is 72.0 Å². The fraction of sp³-hybridized carbons (Fsp3) is 0.238. The van der Waals surface area contributed by atoms with Crippen molar-refractivity contribution in [3.05, 3.63) is 78.4 Å². The molecular weight excluding hydrogens is 356 g/mol. The van der Waals surface area contributed by atoms with Crippen LogP contribution in [0.2, 0.25) is 0 Å². The molecule has 0 aliphatic carbocycles. The minimum atomic E-state index is -0.0213. The number of pyridine rings is 1. The van der Waals surface area contributed by atoms with Gasteiger partial charge in [0.05, 0.1) is 11.7 Å². The summed E-state index contributed by atoms with van der Waals surface area (Å²) in [6.07, 6.45) is 3.91. The zero-order chi connectivity index (χ0) is 18.4. The van der Waals surface area contributed by atoms with Crippen LogP contribution in [0.1, 0.15) is 30.4 Å². The molecule has 1 saturated heterocycles. The molecule has 136 valence electrons. The van der Waals surface area contributed by atoms with Crippen molar-refractivity contribution in [2.24, 2.45) is 4.99 Å². The molecule has 27 heavy (non-hydrogen) atoms. The number of fused-ring (bicyclic) bond motifs is 1. The molecule has 5 nitrogen and oxygen atoms in total. The molecule has 2 aliphatic rings. The van der Waals surface area contributed by atoms with Crippen LogP contribution in [0, 0.1) is 0 Å². The molecule has 2 aliphatic heterocycles. The van der Waals surface area contributed by atoms with Crippen LogP contribution >= 0.6 is 11.8 Å². The second-order valence-corrected chi connectivity index (χ2v) is 8.36. The van der Waals surface area contributed by atoms with Gasteiger partial charge in [0, 0.05) is 35.6 Å². The number of aromatic nitrogens is 2. The number of phenolic OH excluding ortho intramolecular Hbond substituents is 1. The highest BCUT2D eigenvalue weighted by Crippen LogP contribution is 2.47. The molecule has 1 N–H and O–H groups in total. The maximum atomic E-state index is 9.63. The van der Waals surface area contributed by atoms with Crippen LogP contribution in [-0.4, -0.2) is 36.5 Å². The predicted molar refractivity (Wildman–Crippen MR) is 108 cm³/mol. The first-order valence-electron chi connectivity index (χ1n) is 9.09. The predicted octanol–water partition coefficient (Wildman–Crippen LogP) is 4.17. The van der Waals surface area contributed by atoms with Gasteiger partial charge in [-0.3, -0.25) is 9.98 Å². The van der Waals surface area contributed by atoms with E-state index in [2.05, 4.69) is 45.8 Å². The molecule has 1 fully saturated rings.